The average molecular weight is 229 g/mol. The summed E-state index contributed by atoms with van der Waals surface area (Å²) < 4.78 is 0. The van der Waals surface area contributed by atoms with Gasteiger partial charge in [-0.1, -0.05) is 18.2 Å². The monoisotopic (exact) mass is 229 g/mol. The van der Waals surface area contributed by atoms with Crippen molar-refractivity contribution in [3.05, 3.63) is 46.2 Å². The topological polar surface area (TPSA) is 23.9 Å². The summed E-state index contributed by atoms with van der Waals surface area (Å²) in [4.78, 5) is 1.45. The van der Waals surface area contributed by atoms with E-state index < -0.39 is 0 Å². The molecule has 1 nitrogen and oxygen atoms in total. The van der Waals surface area contributed by atoms with Crippen LogP contribution in [0.4, 0.5) is 0 Å². The Kier molecular flexibility index (Phi) is 2.52. The molecule has 16 heavy (non-hydrogen) atoms. The van der Waals surface area contributed by atoms with E-state index in [0.717, 1.165) is 12.1 Å². The molecule has 0 aromatic carbocycles. The zero-order chi connectivity index (χ0) is 11.0. The van der Waals surface area contributed by atoms with Crippen LogP contribution in [0.1, 0.15) is 30.1 Å². The molecule has 2 heteroatoms. The molecule has 2 aliphatic carbocycles. The van der Waals surface area contributed by atoms with Gasteiger partial charge in [-0.05, 0) is 48.3 Å². The summed E-state index contributed by atoms with van der Waals surface area (Å²) in [6, 6.07) is 4.35. The van der Waals surface area contributed by atoms with Gasteiger partial charge in [-0.2, -0.15) is 0 Å². The first kappa shape index (κ1) is 10.0. The maximum absolute atomic E-state index is 7.94. The summed E-state index contributed by atoms with van der Waals surface area (Å²) in [6.45, 7) is 0. The second kappa shape index (κ2) is 4.02. The molecule has 1 N–H and O–H groups in total. The number of fused-ring (bicyclic) bond motifs is 1. The Morgan fingerprint density at radius 2 is 2.25 bits per heavy atom. The molecule has 0 aliphatic heterocycles. The molecule has 1 heterocycles. The predicted molar refractivity (Wildman–Crippen MR) is 69.4 cm³/mol. The van der Waals surface area contributed by atoms with Gasteiger partial charge < -0.3 is 5.41 Å². The lowest BCUT2D eigenvalue weighted by molar-refractivity contribution is 0.460. The molecule has 0 bridgehead atoms. The smallest absolute Gasteiger partial charge is 0.0323 e. The molecule has 3 rings (SSSR count). The average Bonchev–Trinajstić information content (AvgIpc) is 2.81. The standard InChI is InChI=1S/C14H15NS/c15-11-8-10-4-1-2-5-12(10)13(9-11)14-6-3-7-16-14/h1,3-4,6-8,12-13,15H,2,5,9H2. The van der Waals surface area contributed by atoms with Gasteiger partial charge in [0.2, 0.25) is 0 Å². The van der Waals surface area contributed by atoms with Crippen molar-refractivity contribution >= 4 is 17.0 Å². The van der Waals surface area contributed by atoms with E-state index in [1.807, 2.05) is 11.3 Å². The minimum absolute atomic E-state index is 0.553. The minimum atomic E-state index is 0.553. The van der Waals surface area contributed by atoms with E-state index in [1.165, 1.54) is 23.3 Å². The van der Waals surface area contributed by atoms with Gasteiger partial charge in [0.05, 0.1) is 0 Å². The number of hydrogen-bond donors (Lipinski definition) is 1. The molecule has 2 atom stereocenters. The van der Waals surface area contributed by atoms with Crippen LogP contribution in [-0.4, -0.2) is 5.71 Å². The SMILES string of the molecule is N=C1C=C2C=CCCC2C(c2cccs2)C1. The number of hydrogen-bond acceptors (Lipinski definition) is 2. The first-order valence-electron chi connectivity index (χ1n) is 5.83. The highest BCUT2D eigenvalue weighted by Crippen LogP contribution is 2.43. The Hall–Kier alpha value is -1.15. The van der Waals surface area contributed by atoms with E-state index in [-0.39, 0.29) is 0 Å². The summed E-state index contributed by atoms with van der Waals surface area (Å²) >= 11 is 1.84. The molecular formula is C14H15NS. The third-order valence-corrected chi connectivity index (χ3v) is 4.56. The van der Waals surface area contributed by atoms with Crippen LogP contribution in [0.3, 0.4) is 0 Å². The molecule has 1 aromatic rings. The van der Waals surface area contributed by atoms with E-state index in [2.05, 4.69) is 35.7 Å². The van der Waals surface area contributed by atoms with Gasteiger partial charge in [0.25, 0.3) is 0 Å². The van der Waals surface area contributed by atoms with E-state index in [0.29, 0.717) is 11.8 Å². The van der Waals surface area contributed by atoms with Crippen molar-refractivity contribution in [3.8, 4) is 0 Å². The summed E-state index contributed by atoms with van der Waals surface area (Å²) in [5.74, 6) is 1.20. The first-order valence-corrected chi connectivity index (χ1v) is 6.71. The fourth-order valence-corrected chi connectivity index (χ4v) is 3.71. The summed E-state index contributed by atoms with van der Waals surface area (Å²) in [5, 5.41) is 10.1. The Balaban J connectivity index is 1.99. The number of rotatable bonds is 1. The number of allylic oxidation sites excluding steroid dienone is 4. The fourth-order valence-electron chi connectivity index (χ4n) is 2.81. The second-order valence-corrected chi connectivity index (χ2v) is 5.56. The lowest BCUT2D eigenvalue weighted by Gasteiger charge is -2.33. The van der Waals surface area contributed by atoms with Crippen molar-refractivity contribution in [1.82, 2.24) is 0 Å². The van der Waals surface area contributed by atoms with Crippen LogP contribution < -0.4 is 0 Å². The van der Waals surface area contributed by atoms with Crippen LogP contribution in [0, 0.1) is 11.3 Å². The van der Waals surface area contributed by atoms with Crippen molar-refractivity contribution in [1.29, 1.82) is 5.41 Å². The Morgan fingerprint density at radius 3 is 3.06 bits per heavy atom. The van der Waals surface area contributed by atoms with E-state index in [9.17, 15) is 0 Å². The van der Waals surface area contributed by atoms with Gasteiger partial charge in [-0.3, -0.25) is 0 Å². The van der Waals surface area contributed by atoms with Crippen molar-refractivity contribution in [2.45, 2.75) is 25.2 Å². The third-order valence-electron chi connectivity index (χ3n) is 3.56. The van der Waals surface area contributed by atoms with Crippen LogP contribution in [-0.2, 0) is 0 Å². The Labute approximate surface area is 100 Å². The molecule has 2 aliphatic rings. The van der Waals surface area contributed by atoms with Crippen LogP contribution in [0.2, 0.25) is 0 Å². The lowest BCUT2D eigenvalue weighted by atomic mass is 9.72. The molecule has 1 aromatic heterocycles. The van der Waals surface area contributed by atoms with E-state index in [4.69, 9.17) is 5.41 Å². The highest BCUT2D eigenvalue weighted by Gasteiger charge is 2.31. The zero-order valence-corrected chi connectivity index (χ0v) is 9.96. The zero-order valence-electron chi connectivity index (χ0n) is 9.15. The fraction of sp³-hybridized carbons (Fsp3) is 0.357. The molecule has 0 amide bonds. The predicted octanol–water partition coefficient (Wildman–Crippen LogP) is 4.15. The van der Waals surface area contributed by atoms with Gasteiger partial charge in [0.1, 0.15) is 0 Å². The Bertz CT molecular complexity index is 453. The first-order chi connectivity index (χ1) is 7.84. The maximum atomic E-state index is 7.94. The molecule has 0 fully saturated rings. The van der Waals surface area contributed by atoms with Crippen molar-refractivity contribution in [3.63, 3.8) is 0 Å². The normalized spacial score (nSPS) is 28.8. The number of thiophene rings is 1. The molecule has 0 spiro atoms. The van der Waals surface area contributed by atoms with Crippen molar-refractivity contribution in [2.24, 2.45) is 5.92 Å². The van der Waals surface area contributed by atoms with Crippen LogP contribution in [0.15, 0.2) is 41.3 Å². The van der Waals surface area contributed by atoms with Crippen molar-refractivity contribution < 1.29 is 0 Å². The Morgan fingerprint density at radius 1 is 1.31 bits per heavy atom. The molecule has 0 saturated heterocycles. The summed E-state index contributed by atoms with van der Waals surface area (Å²) in [6.07, 6.45) is 9.90. The largest absolute Gasteiger partial charge is 0.305 e. The molecule has 82 valence electrons. The summed E-state index contributed by atoms with van der Waals surface area (Å²) in [5.41, 5.74) is 2.16. The highest BCUT2D eigenvalue weighted by atomic mass is 32.1. The van der Waals surface area contributed by atoms with Gasteiger partial charge in [-0.25, -0.2) is 0 Å². The van der Waals surface area contributed by atoms with Crippen LogP contribution in [0.5, 0.6) is 0 Å². The van der Waals surface area contributed by atoms with E-state index in [1.54, 1.807) is 0 Å². The number of nitrogens with one attached hydrogen (secondary N) is 1. The molecule has 2 unspecified atom stereocenters. The maximum Gasteiger partial charge on any atom is 0.0323 e. The summed E-state index contributed by atoms with van der Waals surface area (Å²) in [7, 11) is 0. The quantitative estimate of drug-likeness (QED) is 0.748. The van der Waals surface area contributed by atoms with Crippen LogP contribution >= 0.6 is 11.3 Å². The lowest BCUT2D eigenvalue weighted by Crippen LogP contribution is -2.23. The molecule has 0 radical (unpaired) electrons. The van der Waals surface area contributed by atoms with Gasteiger partial charge in [0, 0.05) is 16.5 Å². The van der Waals surface area contributed by atoms with Crippen molar-refractivity contribution in [2.75, 3.05) is 0 Å². The third kappa shape index (κ3) is 1.67. The van der Waals surface area contributed by atoms with Crippen LogP contribution in [0.25, 0.3) is 0 Å². The molecular weight excluding hydrogens is 214 g/mol. The molecule has 0 saturated carbocycles. The minimum Gasteiger partial charge on any atom is -0.305 e. The second-order valence-electron chi connectivity index (χ2n) is 4.58. The van der Waals surface area contributed by atoms with Gasteiger partial charge >= 0.3 is 0 Å². The van der Waals surface area contributed by atoms with Gasteiger partial charge in [0.15, 0.2) is 0 Å². The van der Waals surface area contributed by atoms with E-state index >= 15 is 0 Å². The van der Waals surface area contributed by atoms with Gasteiger partial charge in [-0.15, -0.1) is 11.3 Å². The highest BCUT2D eigenvalue weighted by molar-refractivity contribution is 7.10.